The van der Waals surface area contributed by atoms with Crippen molar-refractivity contribution in [2.75, 3.05) is 13.1 Å². The third-order valence-electron chi connectivity index (χ3n) is 3.64. The second-order valence-electron chi connectivity index (χ2n) is 5.02. The molecule has 2 atom stereocenters. The monoisotopic (exact) mass is 272 g/mol. The highest BCUT2D eigenvalue weighted by Crippen LogP contribution is 2.39. The molecule has 1 heterocycles. The molecule has 0 saturated carbocycles. The third kappa shape index (κ3) is 2.92. The number of hydrogen-bond acceptors (Lipinski definition) is 2. The Hall–Kier alpha value is -1.07. The molecule has 1 aliphatic heterocycles. The maximum atomic E-state index is 13.1. The lowest BCUT2D eigenvalue weighted by atomic mass is 9.95. The van der Waals surface area contributed by atoms with Gasteiger partial charge >= 0.3 is 6.18 Å². The average Bonchev–Trinajstić information content (AvgIpc) is 2.70. The van der Waals surface area contributed by atoms with Crippen LogP contribution in [0.25, 0.3) is 0 Å². The van der Waals surface area contributed by atoms with E-state index < -0.39 is 11.7 Å². The Morgan fingerprint density at radius 3 is 2.63 bits per heavy atom. The van der Waals surface area contributed by atoms with Crippen LogP contribution in [-0.4, -0.2) is 24.0 Å². The van der Waals surface area contributed by atoms with Crippen LogP contribution in [0.4, 0.5) is 13.2 Å². The molecule has 1 aromatic rings. The molecule has 1 fully saturated rings. The third-order valence-corrected chi connectivity index (χ3v) is 3.64. The summed E-state index contributed by atoms with van der Waals surface area (Å²) in [7, 11) is 0. The van der Waals surface area contributed by atoms with Crippen LogP contribution in [0, 0.1) is 0 Å². The van der Waals surface area contributed by atoms with Gasteiger partial charge in [0.05, 0.1) is 11.6 Å². The Balaban J connectivity index is 2.39. The number of nitrogens with zero attached hydrogens (tertiary/aromatic N) is 1. The topological polar surface area (TPSA) is 29.3 Å². The van der Waals surface area contributed by atoms with E-state index in [0.29, 0.717) is 5.56 Å². The van der Waals surface area contributed by atoms with E-state index in [0.717, 1.165) is 32.0 Å². The largest absolute Gasteiger partial charge is 0.416 e. The lowest BCUT2D eigenvalue weighted by Crippen LogP contribution is -2.33. The van der Waals surface area contributed by atoms with Gasteiger partial charge in [0.15, 0.2) is 0 Å². The molecule has 2 nitrogen and oxygen atoms in total. The molecule has 1 saturated heterocycles. The number of halogens is 3. The average molecular weight is 272 g/mol. The van der Waals surface area contributed by atoms with Crippen LogP contribution in [0.3, 0.4) is 0 Å². The van der Waals surface area contributed by atoms with E-state index in [-0.39, 0.29) is 12.1 Å². The van der Waals surface area contributed by atoms with Gasteiger partial charge in [-0.2, -0.15) is 13.2 Å². The molecule has 0 bridgehead atoms. The fraction of sp³-hybridized carbons (Fsp3) is 0.571. The number of nitrogens with two attached hydrogens (primary N) is 1. The van der Waals surface area contributed by atoms with Gasteiger partial charge in [0, 0.05) is 12.6 Å². The van der Waals surface area contributed by atoms with Gasteiger partial charge in [-0.25, -0.2) is 0 Å². The van der Waals surface area contributed by atoms with Gasteiger partial charge in [-0.05, 0) is 31.0 Å². The van der Waals surface area contributed by atoms with Gasteiger partial charge in [-0.3, -0.25) is 4.90 Å². The minimum atomic E-state index is -4.32. The van der Waals surface area contributed by atoms with Crippen LogP contribution in [0.2, 0.25) is 0 Å². The van der Waals surface area contributed by atoms with Gasteiger partial charge < -0.3 is 5.73 Å². The van der Waals surface area contributed by atoms with Gasteiger partial charge in [0.2, 0.25) is 0 Å². The first kappa shape index (κ1) is 14.3. The fourth-order valence-electron chi connectivity index (χ4n) is 2.86. The predicted octanol–water partition coefficient (Wildman–Crippen LogP) is 3.19. The number of rotatable bonds is 3. The van der Waals surface area contributed by atoms with E-state index in [9.17, 15) is 13.2 Å². The molecule has 5 heteroatoms. The summed E-state index contributed by atoms with van der Waals surface area (Å²) >= 11 is 0. The molecule has 106 valence electrons. The zero-order valence-electron chi connectivity index (χ0n) is 11.0. The van der Waals surface area contributed by atoms with Crippen LogP contribution in [-0.2, 0) is 6.18 Å². The molecule has 19 heavy (non-hydrogen) atoms. The minimum absolute atomic E-state index is 0.227. The second-order valence-corrected chi connectivity index (χ2v) is 5.02. The Morgan fingerprint density at radius 2 is 2.00 bits per heavy atom. The van der Waals surface area contributed by atoms with Crippen molar-refractivity contribution in [3.63, 3.8) is 0 Å². The molecular formula is C14H19F3N2. The van der Waals surface area contributed by atoms with E-state index in [4.69, 9.17) is 5.73 Å². The Bertz CT molecular complexity index is 429. The standard InChI is InChI=1S/C14H19F3N2/c1-2-8-19-9-7-12(18)13(19)10-5-3-4-6-11(10)14(15,16)17/h3-6,12-13H,2,7-9,18H2,1H3. The molecule has 1 aromatic carbocycles. The number of alkyl halides is 3. The van der Waals surface area contributed by atoms with Crippen LogP contribution >= 0.6 is 0 Å². The van der Waals surface area contributed by atoms with Gasteiger partial charge in [0.25, 0.3) is 0 Å². The Kier molecular flexibility index (Phi) is 4.16. The number of hydrogen-bond donors (Lipinski definition) is 1. The van der Waals surface area contributed by atoms with Crippen molar-refractivity contribution in [1.82, 2.24) is 4.90 Å². The first-order valence-electron chi connectivity index (χ1n) is 6.61. The fourth-order valence-corrected chi connectivity index (χ4v) is 2.86. The summed E-state index contributed by atoms with van der Waals surface area (Å²) in [4.78, 5) is 2.06. The molecule has 0 radical (unpaired) electrons. The molecule has 0 spiro atoms. The molecule has 2 rings (SSSR count). The summed E-state index contributed by atoms with van der Waals surface area (Å²) in [6.07, 6.45) is -2.66. The van der Waals surface area contributed by atoms with Crippen molar-refractivity contribution in [2.24, 2.45) is 5.73 Å². The molecule has 0 aromatic heterocycles. The van der Waals surface area contributed by atoms with E-state index in [1.54, 1.807) is 12.1 Å². The maximum Gasteiger partial charge on any atom is 0.416 e. The van der Waals surface area contributed by atoms with Crippen molar-refractivity contribution in [1.29, 1.82) is 0 Å². The first-order valence-corrected chi connectivity index (χ1v) is 6.61. The highest BCUT2D eigenvalue weighted by molar-refractivity contribution is 5.34. The predicted molar refractivity (Wildman–Crippen MR) is 68.6 cm³/mol. The van der Waals surface area contributed by atoms with Crippen molar-refractivity contribution < 1.29 is 13.2 Å². The van der Waals surface area contributed by atoms with Gasteiger partial charge in [-0.1, -0.05) is 25.1 Å². The molecule has 0 amide bonds. The normalized spacial score (nSPS) is 24.9. The highest BCUT2D eigenvalue weighted by Gasteiger charge is 2.40. The maximum absolute atomic E-state index is 13.1. The van der Waals surface area contributed by atoms with E-state index in [1.807, 2.05) is 6.92 Å². The minimum Gasteiger partial charge on any atom is -0.326 e. The van der Waals surface area contributed by atoms with Crippen LogP contribution < -0.4 is 5.73 Å². The Labute approximate surface area is 111 Å². The van der Waals surface area contributed by atoms with E-state index >= 15 is 0 Å². The number of benzene rings is 1. The highest BCUT2D eigenvalue weighted by atomic mass is 19.4. The van der Waals surface area contributed by atoms with Gasteiger partial charge in [0.1, 0.15) is 0 Å². The SMILES string of the molecule is CCCN1CCC(N)C1c1ccccc1C(F)(F)F. The summed E-state index contributed by atoms with van der Waals surface area (Å²) in [5, 5.41) is 0. The van der Waals surface area contributed by atoms with E-state index in [1.165, 1.54) is 6.07 Å². The van der Waals surface area contributed by atoms with Crippen molar-refractivity contribution >= 4 is 0 Å². The summed E-state index contributed by atoms with van der Waals surface area (Å²) in [5.41, 5.74) is 5.79. The van der Waals surface area contributed by atoms with Crippen molar-refractivity contribution in [3.8, 4) is 0 Å². The molecule has 2 N–H and O–H groups in total. The zero-order chi connectivity index (χ0) is 14.0. The van der Waals surface area contributed by atoms with Crippen LogP contribution in [0.1, 0.15) is 36.9 Å². The second kappa shape index (κ2) is 5.51. The first-order chi connectivity index (χ1) is 8.95. The van der Waals surface area contributed by atoms with E-state index in [2.05, 4.69) is 4.90 Å². The van der Waals surface area contributed by atoms with Crippen LogP contribution in [0.5, 0.6) is 0 Å². The van der Waals surface area contributed by atoms with Crippen LogP contribution in [0.15, 0.2) is 24.3 Å². The number of likely N-dealkylation sites (tertiary alicyclic amines) is 1. The molecule has 0 aliphatic carbocycles. The van der Waals surface area contributed by atoms with Crippen molar-refractivity contribution in [2.45, 2.75) is 38.0 Å². The lowest BCUT2D eigenvalue weighted by Gasteiger charge is -2.29. The van der Waals surface area contributed by atoms with Gasteiger partial charge in [-0.15, -0.1) is 0 Å². The Morgan fingerprint density at radius 1 is 1.32 bits per heavy atom. The summed E-state index contributed by atoms with van der Waals surface area (Å²) in [5.74, 6) is 0. The molecule has 1 aliphatic rings. The quantitative estimate of drug-likeness (QED) is 0.915. The summed E-state index contributed by atoms with van der Waals surface area (Å²) in [6, 6.07) is 5.23. The summed E-state index contributed by atoms with van der Waals surface area (Å²) < 4.78 is 39.2. The van der Waals surface area contributed by atoms with Crippen molar-refractivity contribution in [3.05, 3.63) is 35.4 Å². The molecule has 2 unspecified atom stereocenters. The molecular weight excluding hydrogens is 253 g/mol. The smallest absolute Gasteiger partial charge is 0.326 e. The zero-order valence-corrected chi connectivity index (χ0v) is 11.0. The summed E-state index contributed by atoms with van der Waals surface area (Å²) in [6.45, 7) is 3.58. The lowest BCUT2D eigenvalue weighted by molar-refractivity contribution is -0.138.